The first-order valence-electron chi connectivity index (χ1n) is 7.04. The summed E-state index contributed by atoms with van der Waals surface area (Å²) < 4.78 is 5.57. The van der Waals surface area contributed by atoms with Gasteiger partial charge in [0.2, 0.25) is 0 Å². The number of rotatable bonds is 5. The molecule has 18 heavy (non-hydrogen) atoms. The highest BCUT2D eigenvalue weighted by Gasteiger charge is 2.25. The van der Waals surface area contributed by atoms with Gasteiger partial charge in [-0.05, 0) is 40.3 Å². The average Bonchev–Trinajstić information content (AvgIpc) is 2.77. The molecule has 0 amide bonds. The third kappa shape index (κ3) is 3.33. The first-order chi connectivity index (χ1) is 8.70. The summed E-state index contributed by atoms with van der Waals surface area (Å²) >= 11 is 0. The molecule has 0 aliphatic carbocycles. The topological polar surface area (TPSA) is 41.3 Å². The molecule has 1 unspecified atom stereocenters. The molecule has 1 fully saturated rings. The van der Waals surface area contributed by atoms with E-state index < -0.39 is 0 Å². The lowest BCUT2D eigenvalue weighted by Gasteiger charge is -2.38. The van der Waals surface area contributed by atoms with Crippen molar-refractivity contribution < 1.29 is 4.42 Å². The van der Waals surface area contributed by atoms with Gasteiger partial charge in [-0.1, -0.05) is 6.42 Å². The normalized spacial score (nSPS) is 21.7. The second-order valence-electron chi connectivity index (χ2n) is 5.45. The molecule has 0 saturated carbocycles. The van der Waals surface area contributed by atoms with E-state index in [1.165, 1.54) is 25.8 Å². The largest absolute Gasteiger partial charge is 0.449 e. The second-order valence-corrected chi connectivity index (χ2v) is 5.45. The highest BCUT2D eigenvalue weighted by atomic mass is 16.3. The summed E-state index contributed by atoms with van der Waals surface area (Å²) in [4.78, 5) is 7.12. The molecule has 4 nitrogen and oxygen atoms in total. The van der Waals surface area contributed by atoms with E-state index in [2.05, 4.69) is 29.0 Å². The highest BCUT2D eigenvalue weighted by molar-refractivity contribution is 4.98. The summed E-state index contributed by atoms with van der Waals surface area (Å²) in [5.74, 6) is 0.887. The highest BCUT2D eigenvalue weighted by Crippen LogP contribution is 2.22. The van der Waals surface area contributed by atoms with Crippen molar-refractivity contribution in [3.63, 3.8) is 0 Å². The van der Waals surface area contributed by atoms with Gasteiger partial charge in [-0.15, -0.1) is 0 Å². The maximum Gasteiger partial charge on any atom is 0.195 e. The fourth-order valence-corrected chi connectivity index (χ4v) is 2.83. The molecule has 0 bridgehead atoms. The molecule has 2 rings (SSSR count). The number of oxazole rings is 1. The third-order valence-corrected chi connectivity index (χ3v) is 3.70. The number of aromatic nitrogens is 1. The molecule has 1 N–H and O–H groups in total. The zero-order chi connectivity index (χ0) is 13.0. The molecule has 0 aromatic carbocycles. The van der Waals surface area contributed by atoms with Crippen LogP contribution in [0.5, 0.6) is 0 Å². The van der Waals surface area contributed by atoms with E-state index in [0.717, 1.165) is 24.6 Å². The van der Waals surface area contributed by atoms with E-state index in [-0.39, 0.29) is 0 Å². The predicted octanol–water partition coefficient (Wildman–Crippen LogP) is 2.20. The molecule has 0 radical (unpaired) electrons. The Balaban J connectivity index is 1.97. The van der Waals surface area contributed by atoms with Crippen LogP contribution in [0, 0.1) is 0 Å². The molecular formula is C14H25N3O. The summed E-state index contributed by atoms with van der Waals surface area (Å²) in [5, 5.41) is 3.10. The Hall–Kier alpha value is -0.870. The molecule has 1 aromatic rings. The van der Waals surface area contributed by atoms with Crippen LogP contribution in [-0.4, -0.2) is 35.6 Å². The summed E-state index contributed by atoms with van der Waals surface area (Å²) in [6.07, 6.45) is 6.64. The van der Waals surface area contributed by atoms with Crippen molar-refractivity contribution >= 4 is 0 Å². The Morgan fingerprint density at radius 3 is 3.06 bits per heavy atom. The third-order valence-electron chi connectivity index (χ3n) is 3.70. The van der Waals surface area contributed by atoms with Crippen LogP contribution in [0.15, 0.2) is 10.7 Å². The van der Waals surface area contributed by atoms with Crippen molar-refractivity contribution in [2.45, 2.75) is 58.2 Å². The van der Waals surface area contributed by atoms with Crippen LogP contribution in [-0.2, 0) is 13.0 Å². The average molecular weight is 251 g/mol. The fourth-order valence-electron chi connectivity index (χ4n) is 2.83. The van der Waals surface area contributed by atoms with Crippen molar-refractivity contribution in [1.82, 2.24) is 15.2 Å². The molecule has 1 aliphatic heterocycles. The maximum atomic E-state index is 5.57. The van der Waals surface area contributed by atoms with Gasteiger partial charge in [0, 0.05) is 25.0 Å². The van der Waals surface area contributed by atoms with Gasteiger partial charge >= 0.3 is 0 Å². The minimum atomic E-state index is 0.597. The maximum absolute atomic E-state index is 5.57. The number of hydrogen-bond acceptors (Lipinski definition) is 4. The van der Waals surface area contributed by atoms with Crippen LogP contribution in [0.3, 0.4) is 0 Å². The minimum absolute atomic E-state index is 0.597. The molecule has 0 spiro atoms. The quantitative estimate of drug-likeness (QED) is 0.871. The molecule has 2 heterocycles. The minimum Gasteiger partial charge on any atom is -0.449 e. The monoisotopic (exact) mass is 251 g/mol. The number of piperidine rings is 1. The Labute approximate surface area is 110 Å². The number of nitrogens with zero attached hydrogens (tertiary/aromatic N) is 2. The van der Waals surface area contributed by atoms with Crippen molar-refractivity contribution in [3.05, 3.63) is 17.8 Å². The molecule has 1 aromatic heterocycles. The first-order valence-corrected chi connectivity index (χ1v) is 7.04. The van der Waals surface area contributed by atoms with Crippen molar-refractivity contribution in [3.8, 4) is 0 Å². The summed E-state index contributed by atoms with van der Waals surface area (Å²) in [7, 11) is 1.93. The number of likely N-dealkylation sites (tertiary alicyclic amines) is 1. The Morgan fingerprint density at radius 2 is 2.33 bits per heavy atom. The van der Waals surface area contributed by atoms with Gasteiger partial charge in [0.15, 0.2) is 5.89 Å². The fraction of sp³-hybridized carbons (Fsp3) is 0.786. The smallest absolute Gasteiger partial charge is 0.195 e. The molecule has 1 atom stereocenters. The van der Waals surface area contributed by atoms with Crippen LogP contribution in [0.1, 0.15) is 44.7 Å². The van der Waals surface area contributed by atoms with E-state index in [1.54, 1.807) is 6.26 Å². The zero-order valence-electron chi connectivity index (χ0n) is 11.8. The van der Waals surface area contributed by atoms with Crippen LogP contribution < -0.4 is 5.32 Å². The first kappa shape index (κ1) is 13.6. The lowest BCUT2D eigenvalue weighted by Crippen LogP contribution is -2.45. The summed E-state index contributed by atoms with van der Waals surface area (Å²) in [6, 6.07) is 1.21. The summed E-state index contributed by atoms with van der Waals surface area (Å²) in [6.45, 7) is 6.55. The van der Waals surface area contributed by atoms with Crippen molar-refractivity contribution in [2.75, 3.05) is 13.6 Å². The van der Waals surface area contributed by atoms with Gasteiger partial charge in [-0.25, -0.2) is 4.98 Å². The lowest BCUT2D eigenvalue weighted by molar-refractivity contribution is 0.107. The van der Waals surface area contributed by atoms with Crippen molar-refractivity contribution in [1.29, 1.82) is 0 Å². The number of hydrogen-bond donors (Lipinski definition) is 1. The van der Waals surface area contributed by atoms with Gasteiger partial charge in [-0.2, -0.15) is 0 Å². The van der Waals surface area contributed by atoms with Crippen LogP contribution >= 0.6 is 0 Å². The van der Waals surface area contributed by atoms with E-state index in [1.807, 2.05) is 7.05 Å². The van der Waals surface area contributed by atoms with Gasteiger partial charge in [0.1, 0.15) is 6.26 Å². The van der Waals surface area contributed by atoms with Gasteiger partial charge < -0.3 is 9.73 Å². The van der Waals surface area contributed by atoms with Gasteiger partial charge in [0.05, 0.1) is 5.69 Å². The van der Waals surface area contributed by atoms with Crippen molar-refractivity contribution in [2.24, 2.45) is 0 Å². The van der Waals surface area contributed by atoms with Crippen LogP contribution in [0.4, 0.5) is 0 Å². The van der Waals surface area contributed by atoms with Crippen LogP contribution in [0.2, 0.25) is 0 Å². The lowest BCUT2D eigenvalue weighted by atomic mass is 9.98. The second kappa shape index (κ2) is 6.34. The van der Waals surface area contributed by atoms with E-state index >= 15 is 0 Å². The SMILES string of the molecule is CNCc1coc(CC2CCCCN2C(C)C)n1. The standard InChI is InChI=1S/C14H25N3O/c1-11(2)17-7-5-4-6-13(17)8-14-16-12(9-15-3)10-18-14/h10-11,13,15H,4-9H2,1-3H3. The van der Waals surface area contributed by atoms with E-state index in [9.17, 15) is 0 Å². The van der Waals surface area contributed by atoms with E-state index in [4.69, 9.17) is 4.42 Å². The number of nitrogens with one attached hydrogen (secondary N) is 1. The Morgan fingerprint density at radius 1 is 1.50 bits per heavy atom. The molecule has 4 heteroatoms. The van der Waals surface area contributed by atoms with E-state index in [0.29, 0.717) is 12.1 Å². The van der Waals surface area contributed by atoms with Crippen LogP contribution in [0.25, 0.3) is 0 Å². The predicted molar refractivity (Wildman–Crippen MR) is 72.5 cm³/mol. The molecular weight excluding hydrogens is 226 g/mol. The Bertz CT molecular complexity index is 362. The zero-order valence-corrected chi connectivity index (χ0v) is 11.8. The Kier molecular flexibility index (Phi) is 4.78. The summed E-state index contributed by atoms with van der Waals surface area (Å²) in [5.41, 5.74) is 0.999. The van der Waals surface area contributed by atoms with Gasteiger partial charge in [-0.3, -0.25) is 4.90 Å². The molecule has 1 aliphatic rings. The molecule has 102 valence electrons. The molecule has 1 saturated heterocycles. The van der Waals surface area contributed by atoms with Gasteiger partial charge in [0.25, 0.3) is 0 Å².